The van der Waals surface area contributed by atoms with Gasteiger partial charge in [0, 0.05) is 30.8 Å². The van der Waals surface area contributed by atoms with Gasteiger partial charge in [0.05, 0.1) is 0 Å². The Labute approximate surface area is 127 Å². The van der Waals surface area contributed by atoms with Gasteiger partial charge >= 0.3 is 0 Å². The molecular formula is C17H26ClNO. The van der Waals surface area contributed by atoms with Gasteiger partial charge in [-0.05, 0) is 42.7 Å². The van der Waals surface area contributed by atoms with Crippen molar-refractivity contribution in [1.82, 2.24) is 5.32 Å². The Balaban J connectivity index is 2.05. The van der Waals surface area contributed by atoms with E-state index >= 15 is 0 Å². The summed E-state index contributed by atoms with van der Waals surface area (Å²) in [5.74, 6) is 1.26. The van der Waals surface area contributed by atoms with Gasteiger partial charge in [0.2, 0.25) is 0 Å². The number of rotatable bonds is 6. The molecule has 3 heteroatoms. The Morgan fingerprint density at radius 3 is 2.60 bits per heavy atom. The average Bonchev–Trinajstić information content (AvgIpc) is 2.45. The van der Waals surface area contributed by atoms with Crippen molar-refractivity contribution in [2.45, 2.75) is 45.1 Å². The second-order valence-corrected chi connectivity index (χ2v) is 6.48. The van der Waals surface area contributed by atoms with Crippen molar-refractivity contribution in [2.75, 3.05) is 19.8 Å². The third-order valence-corrected chi connectivity index (χ3v) is 4.42. The quantitative estimate of drug-likeness (QED) is 0.847. The highest BCUT2D eigenvalue weighted by atomic mass is 35.5. The molecule has 0 amide bonds. The lowest BCUT2D eigenvalue weighted by atomic mass is 9.85. The Hall–Kier alpha value is -0.570. The van der Waals surface area contributed by atoms with E-state index in [1.165, 1.54) is 24.8 Å². The molecule has 0 bridgehead atoms. The fourth-order valence-corrected chi connectivity index (χ4v) is 3.18. The van der Waals surface area contributed by atoms with Crippen molar-refractivity contribution in [2.24, 2.45) is 5.92 Å². The van der Waals surface area contributed by atoms with Crippen LogP contribution in [0.25, 0.3) is 0 Å². The highest BCUT2D eigenvalue weighted by molar-refractivity contribution is 6.31. The molecule has 1 aromatic carbocycles. The zero-order chi connectivity index (χ0) is 14.4. The summed E-state index contributed by atoms with van der Waals surface area (Å²) < 4.78 is 5.47. The van der Waals surface area contributed by atoms with Crippen LogP contribution < -0.4 is 5.32 Å². The molecule has 1 saturated heterocycles. The van der Waals surface area contributed by atoms with Crippen LogP contribution >= 0.6 is 11.6 Å². The molecule has 1 heterocycles. The minimum atomic E-state index is 0.495. The maximum Gasteiger partial charge on any atom is 0.0468 e. The molecule has 1 aliphatic heterocycles. The second kappa shape index (κ2) is 8.02. The van der Waals surface area contributed by atoms with E-state index in [0.29, 0.717) is 12.0 Å². The van der Waals surface area contributed by atoms with Crippen molar-refractivity contribution in [3.63, 3.8) is 0 Å². The van der Waals surface area contributed by atoms with E-state index in [9.17, 15) is 0 Å². The lowest BCUT2D eigenvalue weighted by Crippen LogP contribution is -2.30. The topological polar surface area (TPSA) is 21.3 Å². The van der Waals surface area contributed by atoms with Crippen molar-refractivity contribution < 1.29 is 4.74 Å². The molecular weight excluding hydrogens is 270 g/mol. The third-order valence-electron chi connectivity index (χ3n) is 4.08. The van der Waals surface area contributed by atoms with Crippen LogP contribution in [0.15, 0.2) is 24.3 Å². The van der Waals surface area contributed by atoms with Crippen LogP contribution in [0.5, 0.6) is 0 Å². The molecule has 1 N–H and O–H groups in total. The van der Waals surface area contributed by atoms with Crippen LogP contribution in [0.1, 0.15) is 44.6 Å². The normalized spacial score (nSPS) is 18.4. The molecule has 1 aliphatic rings. The molecule has 0 radical (unpaired) electrons. The lowest BCUT2D eigenvalue weighted by Gasteiger charge is -2.28. The molecule has 1 aromatic rings. The minimum absolute atomic E-state index is 0.495. The average molecular weight is 296 g/mol. The second-order valence-electron chi connectivity index (χ2n) is 6.07. The summed E-state index contributed by atoms with van der Waals surface area (Å²) in [6.45, 7) is 7.21. The largest absolute Gasteiger partial charge is 0.381 e. The first-order valence-electron chi connectivity index (χ1n) is 7.72. The van der Waals surface area contributed by atoms with Crippen molar-refractivity contribution in [1.29, 1.82) is 0 Å². The van der Waals surface area contributed by atoms with Gasteiger partial charge in [0.1, 0.15) is 0 Å². The number of halogens is 1. The maximum atomic E-state index is 6.40. The van der Waals surface area contributed by atoms with Crippen molar-refractivity contribution in [3.05, 3.63) is 34.9 Å². The Morgan fingerprint density at radius 2 is 1.95 bits per heavy atom. The first kappa shape index (κ1) is 15.8. The van der Waals surface area contributed by atoms with E-state index in [1.807, 2.05) is 12.1 Å². The van der Waals surface area contributed by atoms with Crippen molar-refractivity contribution in [3.8, 4) is 0 Å². The number of nitrogens with one attached hydrogen (secondary N) is 1. The summed E-state index contributed by atoms with van der Waals surface area (Å²) in [6, 6.07) is 8.79. The summed E-state index contributed by atoms with van der Waals surface area (Å²) in [4.78, 5) is 0. The summed E-state index contributed by atoms with van der Waals surface area (Å²) >= 11 is 6.40. The van der Waals surface area contributed by atoms with Gasteiger partial charge in [-0.25, -0.2) is 0 Å². The van der Waals surface area contributed by atoms with E-state index in [-0.39, 0.29) is 0 Å². The first-order chi connectivity index (χ1) is 9.66. The van der Waals surface area contributed by atoms with Crippen LogP contribution in [-0.2, 0) is 4.74 Å². The maximum absolute atomic E-state index is 6.40. The van der Waals surface area contributed by atoms with Crippen LogP contribution in [0, 0.1) is 5.92 Å². The molecule has 1 unspecified atom stereocenters. The number of hydrogen-bond acceptors (Lipinski definition) is 2. The van der Waals surface area contributed by atoms with Gasteiger partial charge < -0.3 is 10.1 Å². The van der Waals surface area contributed by atoms with E-state index in [0.717, 1.165) is 30.7 Å². The van der Waals surface area contributed by atoms with Gasteiger partial charge in [-0.3, -0.25) is 0 Å². The molecule has 2 rings (SSSR count). The third kappa shape index (κ3) is 4.76. The number of benzene rings is 1. The predicted molar refractivity (Wildman–Crippen MR) is 85.5 cm³/mol. The lowest BCUT2D eigenvalue weighted by molar-refractivity contribution is 0.0616. The molecule has 112 valence electrons. The predicted octanol–water partition coefficient (Wildman–Crippen LogP) is 4.24. The monoisotopic (exact) mass is 295 g/mol. The highest BCUT2D eigenvalue weighted by Crippen LogP contribution is 2.32. The highest BCUT2D eigenvalue weighted by Gasteiger charge is 2.22. The van der Waals surface area contributed by atoms with E-state index < -0.39 is 0 Å². The van der Waals surface area contributed by atoms with Gasteiger partial charge in [-0.15, -0.1) is 0 Å². The molecule has 0 spiro atoms. The SMILES string of the molecule is CC(C)NCC(CC1CCOCC1)c1ccccc1Cl. The molecule has 20 heavy (non-hydrogen) atoms. The van der Waals surface area contributed by atoms with Crippen LogP contribution in [-0.4, -0.2) is 25.8 Å². The molecule has 2 nitrogen and oxygen atoms in total. The first-order valence-corrected chi connectivity index (χ1v) is 8.10. The van der Waals surface area contributed by atoms with E-state index in [1.54, 1.807) is 0 Å². The molecule has 0 saturated carbocycles. The standard InChI is InChI=1S/C17H26ClNO/c1-13(2)19-12-15(11-14-7-9-20-10-8-14)16-5-3-4-6-17(16)18/h3-6,13-15,19H,7-12H2,1-2H3. The Kier molecular flexibility index (Phi) is 6.34. The summed E-state index contributed by atoms with van der Waals surface area (Å²) in [6.07, 6.45) is 3.57. The van der Waals surface area contributed by atoms with Crippen LogP contribution in [0.2, 0.25) is 5.02 Å². The van der Waals surface area contributed by atoms with Gasteiger partial charge in [-0.1, -0.05) is 43.6 Å². The van der Waals surface area contributed by atoms with Crippen molar-refractivity contribution >= 4 is 11.6 Å². The smallest absolute Gasteiger partial charge is 0.0468 e. The van der Waals surface area contributed by atoms with E-state index in [4.69, 9.17) is 16.3 Å². The Bertz CT molecular complexity index is 402. The molecule has 1 fully saturated rings. The summed E-state index contributed by atoms with van der Waals surface area (Å²) in [5, 5.41) is 4.47. The Morgan fingerprint density at radius 1 is 1.25 bits per heavy atom. The van der Waals surface area contributed by atoms with Crippen LogP contribution in [0.3, 0.4) is 0 Å². The van der Waals surface area contributed by atoms with Gasteiger partial charge in [0.25, 0.3) is 0 Å². The fraction of sp³-hybridized carbons (Fsp3) is 0.647. The molecule has 0 aromatic heterocycles. The summed E-state index contributed by atoms with van der Waals surface area (Å²) in [7, 11) is 0. The zero-order valence-corrected chi connectivity index (χ0v) is 13.3. The fourth-order valence-electron chi connectivity index (χ4n) is 2.89. The van der Waals surface area contributed by atoms with Gasteiger partial charge in [-0.2, -0.15) is 0 Å². The molecule has 1 atom stereocenters. The van der Waals surface area contributed by atoms with E-state index in [2.05, 4.69) is 31.3 Å². The van der Waals surface area contributed by atoms with Gasteiger partial charge in [0.15, 0.2) is 0 Å². The zero-order valence-electron chi connectivity index (χ0n) is 12.6. The summed E-state index contributed by atoms with van der Waals surface area (Å²) in [5.41, 5.74) is 1.29. The van der Waals surface area contributed by atoms with Crippen LogP contribution in [0.4, 0.5) is 0 Å². The molecule has 0 aliphatic carbocycles. The minimum Gasteiger partial charge on any atom is -0.381 e. The number of hydrogen-bond donors (Lipinski definition) is 1. The number of ether oxygens (including phenoxy) is 1.